The number of likely N-dealkylation sites (tertiary alicyclic amines) is 1. The topological polar surface area (TPSA) is 35.2 Å². The maximum Gasteiger partial charge on any atom is 0.0639 e. The van der Waals surface area contributed by atoms with Crippen LogP contribution in [0.3, 0.4) is 0 Å². The van der Waals surface area contributed by atoms with Crippen LogP contribution < -0.4 is 0 Å². The van der Waals surface area contributed by atoms with E-state index >= 15 is 0 Å². The predicted octanol–water partition coefficient (Wildman–Crippen LogP) is 3.03. The van der Waals surface area contributed by atoms with E-state index in [0.717, 1.165) is 18.2 Å². The van der Waals surface area contributed by atoms with Crippen molar-refractivity contribution in [3.63, 3.8) is 0 Å². The Kier molecular flexibility index (Phi) is 8.86. The molecule has 1 aliphatic rings. The molecule has 2 rings (SSSR count). The highest BCUT2D eigenvalue weighted by atomic mass is 35.5. The van der Waals surface area contributed by atoms with Crippen LogP contribution in [0.15, 0.2) is 0 Å². The quantitative estimate of drug-likeness (QED) is 0.897. The molecule has 4 nitrogen and oxygen atoms in total. The zero-order valence-electron chi connectivity index (χ0n) is 13.8. The van der Waals surface area contributed by atoms with Gasteiger partial charge in [-0.2, -0.15) is 5.10 Å². The fourth-order valence-corrected chi connectivity index (χ4v) is 3.34. The summed E-state index contributed by atoms with van der Waals surface area (Å²) >= 11 is 0. The fraction of sp³-hybridized carbons (Fsp3) is 0.800. The second-order valence-electron chi connectivity index (χ2n) is 6.19. The molecule has 1 saturated heterocycles. The van der Waals surface area contributed by atoms with Gasteiger partial charge in [0, 0.05) is 36.9 Å². The van der Waals surface area contributed by atoms with E-state index in [4.69, 9.17) is 0 Å². The average molecular weight is 337 g/mol. The molecule has 0 spiro atoms. The monoisotopic (exact) mass is 336 g/mol. The first-order valence-electron chi connectivity index (χ1n) is 7.42. The van der Waals surface area contributed by atoms with Crippen LogP contribution >= 0.6 is 24.8 Å². The fourth-order valence-electron chi connectivity index (χ4n) is 3.34. The molecule has 124 valence electrons. The van der Waals surface area contributed by atoms with Gasteiger partial charge in [-0.3, -0.25) is 10.00 Å². The van der Waals surface area contributed by atoms with Gasteiger partial charge >= 0.3 is 0 Å². The lowest BCUT2D eigenvalue weighted by molar-refractivity contribution is 0.238. The first kappa shape index (κ1) is 20.7. The molecule has 2 atom stereocenters. The highest BCUT2D eigenvalue weighted by Gasteiger charge is 2.33. The molecule has 0 bridgehead atoms. The first-order valence-corrected chi connectivity index (χ1v) is 7.42. The van der Waals surface area contributed by atoms with Crippen LogP contribution in [0.5, 0.6) is 0 Å². The molecule has 0 saturated carbocycles. The third-order valence-electron chi connectivity index (χ3n) is 4.47. The van der Waals surface area contributed by atoms with E-state index in [-0.39, 0.29) is 24.8 Å². The van der Waals surface area contributed by atoms with Crippen molar-refractivity contribution >= 4 is 24.8 Å². The van der Waals surface area contributed by atoms with Gasteiger partial charge in [-0.1, -0.05) is 13.3 Å². The Bertz CT molecular complexity index is 400. The number of hydrogen-bond acceptors (Lipinski definition) is 3. The predicted molar refractivity (Wildman–Crippen MR) is 93.7 cm³/mol. The van der Waals surface area contributed by atoms with Crippen LogP contribution in [-0.2, 0) is 6.54 Å². The van der Waals surface area contributed by atoms with E-state index in [1.165, 1.54) is 37.2 Å². The maximum absolute atomic E-state index is 4.31. The summed E-state index contributed by atoms with van der Waals surface area (Å²) < 4.78 is 0. The molecule has 1 aromatic rings. The molecule has 0 unspecified atom stereocenters. The molecule has 6 heteroatoms. The summed E-state index contributed by atoms with van der Waals surface area (Å²) in [6, 6.07) is 0.701. The first-order chi connectivity index (χ1) is 9.02. The number of aryl methyl sites for hydroxylation is 2. The van der Waals surface area contributed by atoms with Crippen LogP contribution in [0.2, 0.25) is 0 Å². The molecule has 21 heavy (non-hydrogen) atoms. The molecule has 0 aromatic carbocycles. The number of nitrogens with one attached hydrogen (secondary N) is 1. The molecule has 0 amide bonds. The maximum atomic E-state index is 4.31. The Morgan fingerprint density at radius 3 is 2.38 bits per heavy atom. The van der Waals surface area contributed by atoms with E-state index in [1.54, 1.807) is 0 Å². The Morgan fingerprint density at radius 2 is 1.90 bits per heavy atom. The third-order valence-corrected chi connectivity index (χ3v) is 4.47. The second kappa shape index (κ2) is 8.99. The van der Waals surface area contributed by atoms with Crippen LogP contribution in [0.1, 0.15) is 36.7 Å². The van der Waals surface area contributed by atoms with Gasteiger partial charge < -0.3 is 4.90 Å². The molecule has 0 radical (unpaired) electrons. The second-order valence-corrected chi connectivity index (χ2v) is 6.19. The van der Waals surface area contributed by atoms with E-state index in [0.29, 0.717) is 6.04 Å². The minimum atomic E-state index is 0. The van der Waals surface area contributed by atoms with Gasteiger partial charge in [0.05, 0.1) is 5.69 Å². The van der Waals surface area contributed by atoms with Crippen LogP contribution in [0.25, 0.3) is 0 Å². The zero-order valence-corrected chi connectivity index (χ0v) is 15.5. The van der Waals surface area contributed by atoms with Crippen LogP contribution in [0.4, 0.5) is 0 Å². The van der Waals surface area contributed by atoms with Crippen molar-refractivity contribution < 1.29 is 0 Å². The van der Waals surface area contributed by atoms with Crippen molar-refractivity contribution in [2.75, 3.05) is 27.2 Å². The number of likely N-dealkylation sites (N-methyl/N-ethyl adjacent to an activating group) is 1. The number of nitrogens with zero attached hydrogens (tertiary/aromatic N) is 3. The summed E-state index contributed by atoms with van der Waals surface area (Å²) in [6.07, 6.45) is 2.62. The highest BCUT2D eigenvalue weighted by molar-refractivity contribution is 5.85. The lowest BCUT2D eigenvalue weighted by Gasteiger charge is -2.24. The van der Waals surface area contributed by atoms with E-state index < -0.39 is 0 Å². The number of H-pyrrole nitrogens is 1. The molecular weight excluding hydrogens is 307 g/mol. The van der Waals surface area contributed by atoms with Crippen molar-refractivity contribution in [3.8, 4) is 0 Å². The number of rotatable bonds is 5. The van der Waals surface area contributed by atoms with Gasteiger partial charge in [-0.25, -0.2) is 0 Å². The molecule has 2 heterocycles. The largest absolute Gasteiger partial charge is 0.305 e. The molecule has 1 fully saturated rings. The lowest BCUT2D eigenvalue weighted by Crippen LogP contribution is -2.35. The van der Waals surface area contributed by atoms with Crippen molar-refractivity contribution in [3.05, 3.63) is 17.0 Å². The molecule has 1 aliphatic heterocycles. The molecular formula is C15H30Cl2N4. The Labute approximate surface area is 141 Å². The standard InChI is InChI=1S/C15H28N4.2ClH/c1-6-7-13-8-19(10-15(13)18(4)5)9-14-11(2)16-17-12(14)3;;/h13,15H,6-10H2,1-5H3,(H,16,17);2*1H/t13-,15-;;/m0../s1. The van der Waals surface area contributed by atoms with Gasteiger partial charge in [0.1, 0.15) is 0 Å². The van der Waals surface area contributed by atoms with Gasteiger partial charge in [-0.05, 0) is 40.3 Å². The summed E-state index contributed by atoms with van der Waals surface area (Å²) in [5, 5.41) is 7.40. The average Bonchev–Trinajstić information content (AvgIpc) is 2.88. The number of aromatic nitrogens is 2. The summed E-state index contributed by atoms with van der Waals surface area (Å²) in [5.41, 5.74) is 3.75. The van der Waals surface area contributed by atoms with Gasteiger partial charge in [0.2, 0.25) is 0 Å². The summed E-state index contributed by atoms with van der Waals surface area (Å²) in [6.45, 7) is 9.96. The number of aromatic amines is 1. The van der Waals surface area contributed by atoms with Gasteiger partial charge in [-0.15, -0.1) is 24.8 Å². The smallest absolute Gasteiger partial charge is 0.0639 e. The van der Waals surface area contributed by atoms with Crippen LogP contribution in [0, 0.1) is 19.8 Å². The Balaban J connectivity index is 0.00000200. The van der Waals surface area contributed by atoms with Gasteiger partial charge in [0.25, 0.3) is 0 Å². The number of hydrogen-bond donors (Lipinski definition) is 1. The van der Waals surface area contributed by atoms with E-state index in [9.17, 15) is 0 Å². The van der Waals surface area contributed by atoms with Gasteiger partial charge in [0.15, 0.2) is 0 Å². The minimum absolute atomic E-state index is 0. The summed E-state index contributed by atoms with van der Waals surface area (Å²) in [4.78, 5) is 4.99. The molecule has 1 N–H and O–H groups in total. The van der Waals surface area contributed by atoms with Crippen molar-refractivity contribution in [2.24, 2.45) is 5.92 Å². The minimum Gasteiger partial charge on any atom is -0.305 e. The number of halogens is 2. The highest BCUT2D eigenvalue weighted by Crippen LogP contribution is 2.26. The summed E-state index contributed by atoms with van der Waals surface area (Å²) in [7, 11) is 4.43. The Hall–Kier alpha value is -0.290. The normalized spacial score (nSPS) is 22.2. The third kappa shape index (κ3) is 4.85. The summed E-state index contributed by atoms with van der Waals surface area (Å²) in [5.74, 6) is 0.813. The molecule has 0 aliphatic carbocycles. The van der Waals surface area contributed by atoms with E-state index in [1.807, 2.05) is 0 Å². The SMILES string of the molecule is CCC[C@H]1CN(Cc2c(C)n[nH]c2C)C[C@@H]1N(C)C.Cl.Cl. The van der Waals surface area contributed by atoms with E-state index in [2.05, 4.69) is 54.9 Å². The zero-order chi connectivity index (χ0) is 14.0. The van der Waals surface area contributed by atoms with Crippen LogP contribution in [-0.4, -0.2) is 53.2 Å². The van der Waals surface area contributed by atoms with Crippen molar-refractivity contribution in [1.29, 1.82) is 0 Å². The Morgan fingerprint density at radius 1 is 1.24 bits per heavy atom. The lowest BCUT2D eigenvalue weighted by atomic mass is 9.98. The van der Waals surface area contributed by atoms with Crippen molar-refractivity contribution in [1.82, 2.24) is 20.0 Å². The molecule has 1 aromatic heterocycles. The van der Waals surface area contributed by atoms with Crippen molar-refractivity contribution in [2.45, 2.75) is 46.2 Å².